The fourth-order valence-electron chi connectivity index (χ4n) is 1.56. The van der Waals surface area contributed by atoms with E-state index in [9.17, 15) is 4.79 Å². The van der Waals surface area contributed by atoms with Crippen LogP contribution in [0.5, 0.6) is 0 Å². The molecule has 0 spiro atoms. The van der Waals surface area contributed by atoms with Crippen molar-refractivity contribution in [1.29, 1.82) is 0 Å². The van der Waals surface area contributed by atoms with Crippen molar-refractivity contribution in [2.45, 2.75) is 0 Å². The summed E-state index contributed by atoms with van der Waals surface area (Å²) in [6.45, 7) is 0. The molecule has 0 aliphatic heterocycles. The van der Waals surface area contributed by atoms with Gasteiger partial charge in [0.05, 0.1) is 5.56 Å². The van der Waals surface area contributed by atoms with Crippen LogP contribution in [-0.2, 0) is 0 Å². The van der Waals surface area contributed by atoms with Gasteiger partial charge in [-0.2, -0.15) is 0 Å². The van der Waals surface area contributed by atoms with Gasteiger partial charge >= 0.3 is 0 Å². The van der Waals surface area contributed by atoms with Crippen molar-refractivity contribution in [3.05, 3.63) is 51.6 Å². The van der Waals surface area contributed by atoms with Crippen LogP contribution in [0.15, 0.2) is 41.0 Å². The van der Waals surface area contributed by atoms with Crippen molar-refractivity contribution >= 4 is 44.9 Å². The number of nitrogens with zero attached hydrogens (tertiary/aromatic N) is 1. The molecule has 2 rings (SSSR count). The van der Waals surface area contributed by atoms with Crippen LogP contribution in [0, 0.1) is 0 Å². The maximum atomic E-state index is 12.2. The van der Waals surface area contributed by atoms with Gasteiger partial charge in [0.25, 0.3) is 5.91 Å². The number of anilines is 2. The number of amides is 1. The Balaban J connectivity index is 2.24. The molecule has 0 radical (unpaired) electrons. The molecule has 2 N–H and O–H groups in total. The van der Waals surface area contributed by atoms with Crippen molar-refractivity contribution in [2.75, 3.05) is 17.7 Å². The molecule has 2 aromatic rings. The third-order valence-electron chi connectivity index (χ3n) is 2.46. The summed E-state index contributed by atoms with van der Waals surface area (Å²) in [4.78, 5) is 16.3. The van der Waals surface area contributed by atoms with Gasteiger partial charge < -0.3 is 10.6 Å². The summed E-state index contributed by atoms with van der Waals surface area (Å²) < 4.78 is 0.851. The van der Waals surface area contributed by atoms with E-state index in [4.69, 9.17) is 11.6 Å². The molecule has 1 heterocycles. The maximum absolute atomic E-state index is 12.2. The molecule has 0 atom stereocenters. The van der Waals surface area contributed by atoms with E-state index in [1.807, 2.05) is 0 Å². The quantitative estimate of drug-likeness (QED) is 0.894. The van der Waals surface area contributed by atoms with E-state index in [2.05, 4.69) is 31.5 Å². The summed E-state index contributed by atoms with van der Waals surface area (Å²) in [5.74, 6) is 0.219. The number of hydrogen-bond donors (Lipinski definition) is 2. The minimum Gasteiger partial charge on any atom is -0.387 e. The molecule has 6 heteroatoms. The van der Waals surface area contributed by atoms with Crippen molar-refractivity contribution in [3.63, 3.8) is 0 Å². The van der Waals surface area contributed by atoms with E-state index in [0.29, 0.717) is 22.1 Å². The van der Waals surface area contributed by atoms with E-state index in [1.54, 1.807) is 43.6 Å². The van der Waals surface area contributed by atoms with Gasteiger partial charge in [0.1, 0.15) is 5.82 Å². The number of aromatic nitrogens is 1. The average Bonchev–Trinajstić information content (AvgIpc) is 2.41. The predicted molar refractivity (Wildman–Crippen MR) is 80.9 cm³/mol. The van der Waals surface area contributed by atoms with Crippen LogP contribution in [0.3, 0.4) is 0 Å². The molecule has 0 saturated carbocycles. The summed E-state index contributed by atoms with van der Waals surface area (Å²) in [6.07, 6.45) is 1.62. The number of hydrogen-bond acceptors (Lipinski definition) is 3. The number of rotatable bonds is 3. The van der Waals surface area contributed by atoms with Gasteiger partial charge in [-0.3, -0.25) is 4.79 Å². The number of pyridine rings is 1. The third kappa shape index (κ3) is 3.45. The van der Waals surface area contributed by atoms with Crippen LogP contribution in [0.1, 0.15) is 10.4 Å². The van der Waals surface area contributed by atoms with Crippen molar-refractivity contribution in [1.82, 2.24) is 4.98 Å². The zero-order valence-electron chi connectivity index (χ0n) is 10.1. The van der Waals surface area contributed by atoms with Crippen LogP contribution in [0.25, 0.3) is 0 Å². The lowest BCUT2D eigenvalue weighted by molar-refractivity contribution is 0.102. The molecule has 1 aromatic heterocycles. The van der Waals surface area contributed by atoms with Gasteiger partial charge in [-0.05, 0) is 46.3 Å². The summed E-state index contributed by atoms with van der Waals surface area (Å²) >= 11 is 9.20. The lowest BCUT2D eigenvalue weighted by Gasteiger charge is -2.09. The second-order valence-electron chi connectivity index (χ2n) is 3.76. The molecular formula is C13H11BrClN3O. The Labute approximate surface area is 124 Å². The zero-order chi connectivity index (χ0) is 13.8. The highest BCUT2D eigenvalue weighted by Crippen LogP contribution is 2.21. The lowest BCUT2D eigenvalue weighted by Crippen LogP contribution is -2.14. The fourth-order valence-corrected chi connectivity index (χ4v) is 1.96. The molecular weight excluding hydrogens is 330 g/mol. The standard InChI is InChI=1S/C13H11BrClN3O/c1-16-11-4-3-9(15)6-10(11)13(19)18-12-5-2-8(14)7-17-12/h2-7,16H,1H3,(H,17,18,19). The SMILES string of the molecule is CNc1ccc(Cl)cc1C(=O)Nc1ccc(Br)cn1. The molecule has 0 aliphatic carbocycles. The number of carbonyl (C=O) groups is 1. The monoisotopic (exact) mass is 339 g/mol. The van der Waals surface area contributed by atoms with Crippen LogP contribution < -0.4 is 10.6 Å². The largest absolute Gasteiger partial charge is 0.387 e. The van der Waals surface area contributed by atoms with Gasteiger partial charge in [-0.15, -0.1) is 0 Å². The second-order valence-corrected chi connectivity index (χ2v) is 5.11. The molecule has 4 nitrogen and oxygen atoms in total. The third-order valence-corrected chi connectivity index (χ3v) is 3.17. The minimum absolute atomic E-state index is 0.262. The van der Waals surface area contributed by atoms with Crippen molar-refractivity contribution in [2.24, 2.45) is 0 Å². The number of carbonyl (C=O) groups excluding carboxylic acids is 1. The van der Waals surface area contributed by atoms with Crippen LogP contribution in [0.4, 0.5) is 11.5 Å². The van der Waals surface area contributed by atoms with Crippen LogP contribution in [-0.4, -0.2) is 17.9 Å². The smallest absolute Gasteiger partial charge is 0.258 e. The molecule has 0 saturated heterocycles. The first kappa shape index (κ1) is 13.8. The average molecular weight is 341 g/mol. The zero-order valence-corrected chi connectivity index (χ0v) is 12.4. The number of benzene rings is 1. The van der Waals surface area contributed by atoms with Gasteiger partial charge in [-0.25, -0.2) is 4.98 Å². The van der Waals surface area contributed by atoms with E-state index < -0.39 is 0 Å². The molecule has 0 fully saturated rings. The first-order valence-corrected chi connectivity index (χ1v) is 6.67. The Morgan fingerprint density at radius 2 is 2.11 bits per heavy atom. The molecule has 98 valence electrons. The lowest BCUT2D eigenvalue weighted by atomic mass is 10.1. The Morgan fingerprint density at radius 1 is 1.32 bits per heavy atom. The molecule has 0 aliphatic rings. The highest BCUT2D eigenvalue weighted by atomic mass is 79.9. The first-order valence-electron chi connectivity index (χ1n) is 5.50. The highest BCUT2D eigenvalue weighted by Gasteiger charge is 2.12. The second kappa shape index (κ2) is 6.04. The Kier molecular flexibility index (Phi) is 4.39. The first-order chi connectivity index (χ1) is 9.10. The normalized spacial score (nSPS) is 10.1. The minimum atomic E-state index is -0.262. The van der Waals surface area contributed by atoms with Gasteiger partial charge in [0.2, 0.25) is 0 Å². The number of halogens is 2. The van der Waals surface area contributed by atoms with E-state index in [0.717, 1.165) is 4.47 Å². The summed E-state index contributed by atoms with van der Waals surface area (Å²) in [6, 6.07) is 8.61. The molecule has 0 bridgehead atoms. The fraction of sp³-hybridized carbons (Fsp3) is 0.0769. The van der Waals surface area contributed by atoms with E-state index >= 15 is 0 Å². The molecule has 1 aromatic carbocycles. The Hall–Kier alpha value is -1.59. The van der Waals surface area contributed by atoms with Crippen LogP contribution in [0.2, 0.25) is 5.02 Å². The number of nitrogens with one attached hydrogen (secondary N) is 2. The molecule has 1 amide bonds. The maximum Gasteiger partial charge on any atom is 0.258 e. The van der Waals surface area contributed by atoms with Gasteiger partial charge in [-0.1, -0.05) is 11.6 Å². The van der Waals surface area contributed by atoms with Crippen molar-refractivity contribution in [3.8, 4) is 0 Å². The van der Waals surface area contributed by atoms with Gasteiger partial charge in [0.15, 0.2) is 0 Å². The van der Waals surface area contributed by atoms with Gasteiger partial charge in [0, 0.05) is 28.4 Å². The summed E-state index contributed by atoms with van der Waals surface area (Å²) in [5.41, 5.74) is 1.18. The van der Waals surface area contributed by atoms with E-state index in [1.165, 1.54) is 0 Å². The molecule has 0 unspecified atom stereocenters. The highest BCUT2D eigenvalue weighted by molar-refractivity contribution is 9.10. The summed E-state index contributed by atoms with van der Waals surface area (Å²) in [5, 5.41) is 6.18. The molecule has 19 heavy (non-hydrogen) atoms. The summed E-state index contributed by atoms with van der Waals surface area (Å²) in [7, 11) is 1.75. The van der Waals surface area contributed by atoms with E-state index in [-0.39, 0.29) is 5.91 Å². The Bertz CT molecular complexity index is 601. The Morgan fingerprint density at radius 3 is 2.74 bits per heavy atom. The van der Waals surface area contributed by atoms with Crippen molar-refractivity contribution < 1.29 is 4.79 Å². The topological polar surface area (TPSA) is 54.0 Å². The van der Waals surface area contributed by atoms with Crippen LogP contribution >= 0.6 is 27.5 Å². The predicted octanol–water partition coefficient (Wildman–Crippen LogP) is 3.79.